The molecular weight excluding hydrogens is 264 g/mol. The highest BCUT2D eigenvalue weighted by Crippen LogP contribution is 2.34. The van der Waals surface area contributed by atoms with Crippen molar-refractivity contribution in [3.63, 3.8) is 0 Å². The summed E-state index contributed by atoms with van der Waals surface area (Å²) in [5.74, 6) is 1.40. The first-order valence-electron chi connectivity index (χ1n) is 6.78. The largest absolute Gasteiger partial charge is 0.493 e. The van der Waals surface area contributed by atoms with Gasteiger partial charge >= 0.3 is 0 Å². The number of carbonyl (C=O) groups is 1. The Morgan fingerprint density at radius 1 is 1.00 bits per heavy atom. The molecule has 3 rings (SSSR count). The second-order valence-electron chi connectivity index (χ2n) is 4.92. The van der Waals surface area contributed by atoms with E-state index in [-0.39, 0.29) is 5.78 Å². The summed E-state index contributed by atoms with van der Waals surface area (Å²) in [4.78, 5) is 12.4. The summed E-state index contributed by atoms with van der Waals surface area (Å²) in [6.07, 6.45) is 2.55. The summed E-state index contributed by atoms with van der Waals surface area (Å²) >= 11 is 0. The van der Waals surface area contributed by atoms with Crippen LogP contribution >= 0.6 is 0 Å². The van der Waals surface area contributed by atoms with E-state index in [2.05, 4.69) is 0 Å². The standard InChI is InChI=1S/C18H16O3/c1-20-16-9-5-7-13(18(16)21-2)11-14-10-12-6-3-4-8-15(12)17(14)19/h3-9,11H,10H2,1-2H3/b14-11+. The predicted molar refractivity (Wildman–Crippen MR) is 82.0 cm³/mol. The maximum Gasteiger partial charge on any atom is 0.189 e. The number of hydrogen-bond acceptors (Lipinski definition) is 3. The van der Waals surface area contributed by atoms with Crippen LogP contribution in [0.15, 0.2) is 48.0 Å². The quantitative estimate of drug-likeness (QED) is 0.807. The highest BCUT2D eigenvalue weighted by molar-refractivity contribution is 6.15. The zero-order valence-corrected chi connectivity index (χ0v) is 12.1. The Balaban J connectivity index is 2.03. The van der Waals surface area contributed by atoms with E-state index < -0.39 is 0 Å². The number of ketones is 1. The Morgan fingerprint density at radius 2 is 1.81 bits per heavy atom. The lowest BCUT2D eigenvalue weighted by Crippen LogP contribution is -1.97. The van der Waals surface area contributed by atoms with Crippen LogP contribution in [0.25, 0.3) is 6.08 Å². The molecule has 0 spiro atoms. The molecule has 1 aliphatic rings. The molecule has 0 saturated carbocycles. The molecule has 0 amide bonds. The monoisotopic (exact) mass is 280 g/mol. The fraction of sp³-hybridized carbons (Fsp3) is 0.167. The average molecular weight is 280 g/mol. The van der Waals surface area contributed by atoms with Gasteiger partial charge in [0.1, 0.15) is 0 Å². The lowest BCUT2D eigenvalue weighted by atomic mass is 10.1. The number of rotatable bonds is 3. The molecule has 0 unspecified atom stereocenters. The molecule has 2 aromatic carbocycles. The number of methoxy groups -OCH3 is 2. The van der Waals surface area contributed by atoms with Gasteiger partial charge in [0.25, 0.3) is 0 Å². The molecule has 106 valence electrons. The number of hydrogen-bond donors (Lipinski definition) is 0. The van der Waals surface area contributed by atoms with Crippen molar-refractivity contribution < 1.29 is 14.3 Å². The maximum atomic E-state index is 12.4. The van der Waals surface area contributed by atoms with Crippen molar-refractivity contribution in [2.45, 2.75) is 6.42 Å². The van der Waals surface area contributed by atoms with Crippen LogP contribution in [0.5, 0.6) is 11.5 Å². The van der Waals surface area contributed by atoms with E-state index in [9.17, 15) is 4.79 Å². The third-order valence-electron chi connectivity index (χ3n) is 3.70. The average Bonchev–Trinajstić information content (AvgIpc) is 2.83. The molecule has 0 bridgehead atoms. The first-order valence-corrected chi connectivity index (χ1v) is 6.78. The molecule has 0 aliphatic heterocycles. The first-order chi connectivity index (χ1) is 10.2. The van der Waals surface area contributed by atoms with Gasteiger partial charge in [-0.15, -0.1) is 0 Å². The van der Waals surface area contributed by atoms with Crippen molar-refractivity contribution in [2.75, 3.05) is 14.2 Å². The second kappa shape index (κ2) is 5.44. The third-order valence-corrected chi connectivity index (χ3v) is 3.70. The van der Waals surface area contributed by atoms with Crippen LogP contribution < -0.4 is 9.47 Å². The van der Waals surface area contributed by atoms with Crippen LogP contribution in [-0.4, -0.2) is 20.0 Å². The molecule has 21 heavy (non-hydrogen) atoms. The summed E-state index contributed by atoms with van der Waals surface area (Å²) in [5, 5.41) is 0. The molecule has 0 radical (unpaired) electrons. The Hall–Kier alpha value is -2.55. The van der Waals surface area contributed by atoms with Gasteiger partial charge in [0.05, 0.1) is 14.2 Å². The highest BCUT2D eigenvalue weighted by Gasteiger charge is 2.24. The number of Topliss-reactive ketones (excluding diaryl/α,β-unsaturated/α-hetero) is 1. The molecule has 3 nitrogen and oxygen atoms in total. The number of fused-ring (bicyclic) bond motifs is 1. The van der Waals surface area contributed by atoms with E-state index in [1.54, 1.807) is 14.2 Å². The lowest BCUT2D eigenvalue weighted by molar-refractivity contribution is 0.104. The van der Waals surface area contributed by atoms with Gasteiger partial charge in [0.15, 0.2) is 17.3 Å². The summed E-state index contributed by atoms with van der Waals surface area (Å²) in [5.41, 5.74) is 3.51. The van der Waals surface area contributed by atoms with E-state index in [4.69, 9.17) is 9.47 Å². The van der Waals surface area contributed by atoms with Crippen molar-refractivity contribution in [2.24, 2.45) is 0 Å². The predicted octanol–water partition coefficient (Wildman–Crippen LogP) is 3.53. The number of ether oxygens (including phenoxy) is 2. The summed E-state index contributed by atoms with van der Waals surface area (Å²) in [6.45, 7) is 0. The highest BCUT2D eigenvalue weighted by atomic mass is 16.5. The van der Waals surface area contributed by atoms with Crippen LogP contribution in [-0.2, 0) is 6.42 Å². The van der Waals surface area contributed by atoms with Crippen molar-refractivity contribution in [3.05, 3.63) is 64.7 Å². The SMILES string of the molecule is COc1cccc(/C=C2\Cc3ccccc3C2=O)c1OC. The topological polar surface area (TPSA) is 35.5 Å². The van der Waals surface area contributed by atoms with Crippen LogP contribution in [0.4, 0.5) is 0 Å². The Bertz CT molecular complexity index is 729. The lowest BCUT2D eigenvalue weighted by Gasteiger charge is -2.10. The molecule has 0 heterocycles. The van der Waals surface area contributed by atoms with Gasteiger partial charge in [-0.2, -0.15) is 0 Å². The molecule has 0 N–H and O–H groups in total. The molecule has 0 atom stereocenters. The van der Waals surface area contributed by atoms with E-state index in [1.807, 2.05) is 48.5 Å². The summed E-state index contributed by atoms with van der Waals surface area (Å²) in [7, 11) is 3.20. The number of allylic oxidation sites excluding steroid dienone is 1. The minimum absolute atomic E-state index is 0.0930. The Labute approximate surface area is 123 Å². The Kier molecular flexibility index (Phi) is 3.48. The second-order valence-corrected chi connectivity index (χ2v) is 4.92. The number of para-hydroxylation sites is 1. The van der Waals surface area contributed by atoms with Crippen molar-refractivity contribution in [3.8, 4) is 11.5 Å². The van der Waals surface area contributed by atoms with E-state index in [1.165, 1.54) is 0 Å². The molecule has 0 saturated heterocycles. The molecular formula is C18H16O3. The van der Waals surface area contributed by atoms with E-state index in [0.717, 1.165) is 22.3 Å². The minimum atomic E-state index is 0.0930. The van der Waals surface area contributed by atoms with Gasteiger partial charge in [-0.3, -0.25) is 4.79 Å². The molecule has 0 aromatic heterocycles. The molecule has 1 aliphatic carbocycles. The van der Waals surface area contributed by atoms with Gasteiger partial charge in [0.2, 0.25) is 0 Å². The smallest absolute Gasteiger partial charge is 0.189 e. The van der Waals surface area contributed by atoms with Crippen LogP contribution in [0.3, 0.4) is 0 Å². The van der Waals surface area contributed by atoms with Crippen LogP contribution in [0.2, 0.25) is 0 Å². The van der Waals surface area contributed by atoms with Gasteiger partial charge < -0.3 is 9.47 Å². The van der Waals surface area contributed by atoms with Gasteiger partial charge in [-0.25, -0.2) is 0 Å². The maximum absolute atomic E-state index is 12.4. The van der Waals surface area contributed by atoms with E-state index >= 15 is 0 Å². The van der Waals surface area contributed by atoms with Crippen molar-refractivity contribution in [1.82, 2.24) is 0 Å². The fourth-order valence-electron chi connectivity index (χ4n) is 2.68. The normalized spacial score (nSPS) is 15.1. The van der Waals surface area contributed by atoms with Crippen LogP contribution in [0, 0.1) is 0 Å². The fourth-order valence-corrected chi connectivity index (χ4v) is 2.68. The van der Waals surface area contributed by atoms with E-state index in [0.29, 0.717) is 17.9 Å². The summed E-state index contributed by atoms with van der Waals surface area (Å²) in [6, 6.07) is 13.4. The molecule has 3 heteroatoms. The molecule has 2 aromatic rings. The number of benzene rings is 2. The summed E-state index contributed by atoms with van der Waals surface area (Å²) < 4.78 is 10.7. The van der Waals surface area contributed by atoms with Crippen molar-refractivity contribution >= 4 is 11.9 Å². The van der Waals surface area contributed by atoms with Crippen molar-refractivity contribution in [1.29, 1.82) is 0 Å². The number of carbonyl (C=O) groups excluding carboxylic acids is 1. The third kappa shape index (κ3) is 2.31. The Morgan fingerprint density at radius 3 is 2.52 bits per heavy atom. The van der Waals surface area contributed by atoms with Gasteiger partial charge in [-0.1, -0.05) is 36.4 Å². The zero-order chi connectivity index (χ0) is 14.8. The first kappa shape index (κ1) is 13.4. The van der Waals surface area contributed by atoms with Crippen LogP contribution in [0.1, 0.15) is 21.5 Å². The molecule has 0 fully saturated rings. The minimum Gasteiger partial charge on any atom is -0.493 e. The van der Waals surface area contributed by atoms with Gasteiger partial charge in [0, 0.05) is 23.1 Å². The zero-order valence-electron chi connectivity index (χ0n) is 12.1. The van der Waals surface area contributed by atoms with Gasteiger partial charge in [-0.05, 0) is 17.7 Å².